The van der Waals surface area contributed by atoms with Gasteiger partial charge in [-0.15, -0.1) is 0 Å². The van der Waals surface area contributed by atoms with Gasteiger partial charge in [-0.1, -0.05) is 0 Å². The highest BCUT2D eigenvalue weighted by atomic mass is 31.2. The van der Waals surface area contributed by atoms with Crippen molar-refractivity contribution in [1.82, 2.24) is 0 Å². The summed E-state index contributed by atoms with van der Waals surface area (Å²) in [6.45, 7) is 0.891. The van der Waals surface area contributed by atoms with Crippen molar-refractivity contribution in [2.75, 3.05) is 12.8 Å². The lowest BCUT2D eigenvalue weighted by Crippen LogP contribution is -2.06. The van der Waals surface area contributed by atoms with Gasteiger partial charge < -0.3 is 4.52 Å². The van der Waals surface area contributed by atoms with E-state index in [2.05, 4.69) is 0 Å². The highest BCUT2D eigenvalue weighted by Crippen LogP contribution is 2.32. The van der Waals surface area contributed by atoms with E-state index in [0.29, 0.717) is 0 Å². The van der Waals surface area contributed by atoms with Crippen LogP contribution in [0.1, 0.15) is 12.8 Å². The Morgan fingerprint density at radius 1 is 1.43 bits per heavy atom. The van der Waals surface area contributed by atoms with Crippen LogP contribution < -0.4 is 5.50 Å². The van der Waals surface area contributed by atoms with Crippen molar-refractivity contribution in [1.29, 1.82) is 0 Å². The molecule has 0 amide bonds. The van der Waals surface area contributed by atoms with Crippen LogP contribution in [0.5, 0.6) is 0 Å². The van der Waals surface area contributed by atoms with Gasteiger partial charge >= 0.3 is 0 Å². The maximum atomic E-state index is 5.48. The number of hydrogen-bond acceptors (Lipinski definition) is 2. The predicted octanol–water partition coefficient (Wildman–Crippen LogP) is 1.07. The molecule has 0 bridgehead atoms. The van der Waals surface area contributed by atoms with E-state index in [-0.39, 0.29) is 0 Å². The van der Waals surface area contributed by atoms with Crippen LogP contribution in [0.4, 0.5) is 0 Å². The first-order valence-corrected chi connectivity index (χ1v) is 4.06. The van der Waals surface area contributed by atoms with Gasteiger partial charge in [0.25, 0.3) is 0 Å². The molecule has 1 aliphatic rings. The third-order valence-corrected chi connectivity index (χ3v) is 2.30. The molecular weight excluding hydrogens is 109 g/mol. The largest absolute Gasteiger partial charge is 0.344 e. The lowest BCUT2D eigenvalue weighted by molar-refractivity contribution is 0.323. The molecule has 0 aromatic heterocycles. The van der Waals surface area contributed by atoms with Crippen LogP contribution in [-0.2, 0) is 4.52 Å². The Kier molecular flexibility index (Phi) is 2.04. The maximum absolute atomic E-state index is 5.48. The summed E-state index contributed by atoms with van der Waals surface area (Å²) >= 11 is 0. The summed E-state index contributed by atoms with van der Waals surface area (Å²) in [4.78, 5) is 0. The first-order chi connectivity index (χ1) is 3.39. The molecule has 0 radical (unpaired) electrons. The first-order valence-electron chi connectivity index (χ1n) is 2.55. The molecule has 42 valence electrons. The Hall–Kier alpha value is 0.350. The van der Waals surface area contributed by atoms with Crippen LogP contribution in [0.15, 0.2) is 0 Å². The van der Waals surface area contributed by atoms with E-state index in [9.17, 15) is 0 Å². The van der Waals surface area contributed by atoms with E-state index in [1.165, 1.54) is 12.8 Å². The average Bonchev–Trinajstić information content (AvgIpc) is 1.69. The van der Waals surface area contributed by atoms with Gasteiger partial charge in [0, 0.05) is 6.16 Å². The van der Waals surface area contributed by atoms with Gasteiger partial charge in [-0.25, -0.2) is 0 Å². The van der Waals surface area contributed by atoms with Gasteiger partial charge in [0.1, 0.15) is 0 Å². The summed E-state index contributed by atoms with van der Waals surface area (Å²) in [5.74, 6) is 0. The smallest absolute Gasteiger partial charge is 0.0982 e. The summed E-state index contributed by atoms with van der Waals surface area (Å²) < 4.78 is 5.12. The van der Waals surface area contributed by atoms with Crippen LogP contribution >= 0.6 is 8.30 Å². The molecule has 0 aliphatic carbocycles. The van der Waals surface area contributed by atoms with Crippen molar-refractivity contribution in [3.63, 3.8) is 0 Å². The summed E-state index contributed by atoms with van der Waals surface area (Å²) in [7, 11) is -0.492. The van der Waals surface area contributed by atoms with Gasteiger partial charge in [0.2, 0.25) is 0 Å². The molecular formula is C4H10NOP. The molecule has 1 aliphatic heterocycles. The second-order valence-corrected chi connectivity index (χ2v) is 3.22. The molecule has 1 heterocycles. The molecule has 7 heavy (non-hydrogen) atoms. The monoisotopic (exact) mass is 119 g/mol. The van der Waals surface area contributed by atoms with Gasteiger partial charge in [-0.05, 0) is 12.8 Å². The van der Waals surface area contributed by atoms with Crippen molar-refractivity contribution in [3.8, 4) is 0 Å². The van der Waals surface area contributed by atoms with E-state index in [4.69, 9.17) is 10.0 Å². The number of rotatable bonds is 0. The average molecular weight is 119 g/mol. The fourth-order valence-corrected chi connectivity index (χ4v) is 1.64. The maximum Gasteiger partial charge on any atom is 0.0982 e. The van der Waals surface area contributed by atoms with Crippen molar-refractivity contribution in [3.05, 3.63) is 0 Å². The zero-order chi connectivity index (χ0) is 5.11. The summed E-state index contributed by atoms with van der Waals surface area (Å²) in [6.07, 6.45) is 3.58. The summed E-state index contributed by atoms with van der Waals surface area (Å²) in [5.41, 5.74) is 5.48. The molecule has 1 rings (SSSR count). The first kappa shape index (κ1) is 5.49. The van der Waals surface area contributed by atoms with Crippen LogP contribution in [-0.4, -0.2) is 12.8 Å². The van der Waals surface area contributed by atoms with Crippen molar-refractivity contribution >= 4 is 8.30 Å². The van der Waals surface area contributed by atoms with Crippen molar-refractivity contribution in [2.24, 2.45) is 5.50 Å². The van der Waals surface area contributed by atoms with Crippen LogP contribution in [0.2, 0.25) is 0 Å². The van der Waals surface area contributed by atoms with E-state index in [1.54, 1.807) is 0 Å². The quantitative estimate of drug-likeness (QED) is 0.484. The zero-order valence-corrected chi connectivity index (χ0v) is 5.16. The third-order valence-electron chi connectivity index (χ3n) is 1.03. The predicted molar refractivity (Wildman–Crippen MR) is 31.2 cm³/mol. The molecule has 3 heteroatoms. The molecule has 0 aromatic rings. The Morgan fingerprint density at radius 3 is 2.57 bits per heavy atom. The van der Waals surface area contributed by atoms with Gasteiger partial charge in [0.15, 0.2) is 0 Å². The van der Waals surface area contributed by atoms with E-state index in [0.717, 1.165) is 12.8 Å². The Bertz CT molecular complexity index is 53.7. The molecule has 1 fully saturated rings. The molecule has 0 spiro atoms. The fraction of sp³-hybridized carbons (Fsp3) is 1.00. The van der Waals surface area contributed by atoms with Gasteiger partial charge in [-0.2, -0.15) is 0 Å². The van der Waals surface area contributed by atoms with Crippen LogP contribution in [0, 0.1) is 0 Å². The second kappa shape index (κ2) is 2.61. The van der Waals surface area contributed by atoms with Crippen molar-refractivity contribution in [2.45, 2.75) is 12.8 Å². The number of hydrogen-bond donors (Lipinski definition) is 1. The third kappa shape index (κ3) is 1.72. The van der Waals surface area contributed by atoms with E-state index >= 15 is 0 Å². The Balaban J connectivity index is 2.12. The molecule has 0 saturated carbocycles. The van der Waals surface area contributed by atoms with E-state index < -0.39 is 8.30 Å². The highest BCUT2D eigenvalue weighted by molar-refractivity contribution is 7.49. The van der Waals surface area contributed by atoms with Crippen LogP contribution in [0.3, 0.4) is 0 Å². The second-order valence-electron chi connectivity index (χ2n) is 1.68. The normalized spacial score (nSPS) is 33.0. The Labute approximate surface area is 44.9 Å². The van der Waals surface area contributed by atoms with E-state index in [1.807, 2.05) is 0 Å². The minimum atomic E-state index is -0.492. The van der Waals surface area contributed by atoms with Crippen molar-refractivity contribution < 1.29 is 4.52 Å². The molecule has 1 atom stereocenters. The molecule has 2 nitrogen and oxygen atoms in total. The lowest BCUT2D eigenvalue weighted by atomic mass is 10.4. The topological polar surface area (TPSA) is 35.2 Å². The summed E-state index contributed by atoms with van der Waals surface area (Å²) in [5, 5.41) is 0. The molecule has 1 unspecified atom stereocenters. The van der Waals surface area contributed by atoms with Crippen LogP contribution in [0.25, 0.3) is 0 Å². The SMILES string of the molecule is NP1CCCCO1. The standard InChI is InChI=1S/C4H10NOP/c5-7-4-2-1-3-6-7/h1-5H2. The van der Waals surface area contributed by atoms with Gasteiger partial charge in [-0.3, -0.25) is 5.50 Å². The minimum absolute atomic E-state index is 0.492. The van der Waals surface area contributed by atoms with Gasteiger partial charge in [0.05, 0.1) is 14.9 Å². The number of nitrogens with two attached hydrogens (primary N) is 1. The fourth-order valence-electron chi connectivity index (χ4n) is 0.616. The molecule has 1 saturated heterocycles. The Morgan fingerprint density at radius 2 is 2.29 bits per heavy atom. The molecule has 0 aromatic carbocycles. The lowest BCUT2D eigenvalue weighted by Gasteiger charge is -2.16. The summed E-state index contributed by atoms with van der Waals surface area (Å²) in [6, 6.07) is 0. The zero-order valence-electron chi connectivity index (χ0n) is 4.26. The molecule has 2 N–H and O–H groups in total. The highest BCUT2D eigenvalue weighted by Gasteiger charge is 2.06. The minimum Gasteiger partial charge on any atom is -0.344 e.